The average molecular weight is 196 g/mol. The molecular formula is C7H8N4OS. The van der Waals surface area contributed by atoms with E-state index >= 15 is 0 Å². The summed E-state index contributed by atoms with van der Waals surface area (Å²) in [6.07, 6.45) is 1.58. The van der Waals surface area contributed by atoms with Crippen molar-refractivity contribution in [2.45, 2.75) is 0 Å². The number of nitrogens with one attached hydrogen (secondary N) is 1. The molecule has 6 heteroatoms. The van der Waals surface area contributed by atoms with Gasteiger partial charge in [-0.25, -0.2) is 4.98 Å². The summed E-state index contributed by atoms with van der Waals surface area (Å²) in [6, 6.07) is 0. The smallest absolute Gasteiger partial charge is 0.282 e. The van der Waals surface area contributed by atoms with E-state index in [9.17, 15) is 4.79 Å². The Morgan fingerprint density at radius 3 is 2.92 bits per heavy atom. The van der Waals surface area contributed by atoms with E-state index in [1.165, 1.54) is 4.57 Å². The minimum absolute atomic E-state index is 0.167. The zero-order valence-corrected chi connectivity index (χ0v) is 8.05. The van der Waals surface area contributed by atoms with Crippen molar-refractivity contribution in [2.75, 3.05) is 0 Å². The van der Waals surface area contributed by atoms with Gasteiger partial charge in [0.1, 0.15) is 5.65 Å². The molecule has 13 heavy (non-hydrogen) atoms. The van der Waals surface area contributed by atoms with Crippen molar-refractivity contribution >= 4 is 23.4 Å². The molecule has 0 aliphatic heterocycles. The monoisotopic (exact) mass is 196 g/mol. The molecule has 0 aromatic carbocycles. The Balaban J connectivity index is 3.14. The highest BCUT2D eigenvalue weighted by Gasteiger charge is 2.06. The number of aryl methyl sites for hydroxylation is 1. The first-order chi connectivity index (χ1) is 6.11. The molecule has 68 valence electrons. The normalized spacial score (nSPS) is 10.9. The summed E-state index contributed by atoms with van der Waals surface area (Å²) in [5, 5.41) is 0. The average Bonchev–Trinajstić information content (AvgIpc) is 2.45. The largest absolute Gasteiger partial charge is 0.320 e. The Morgan fingerprint density at radius 2 is 2.23 bits per heavy atom. The van der Waals surface area contributed by atoms with Gasteiger partial charge in [0, 0.05) is 14.1 Å². The van der Waals surface area contributed by atoms with Gasteiger partial charge in [0.05, 0.1) is 6.33 Å². The van der Waals surface area contributed by atoms with E-state index in [4.69, 9.17) is 12.2 Å². The van der Waals surface area contributed by atoms with Crippen molar-refractivity contribution in [3.05, 3.63) is 21.5 Å². The fourth-order valence-electron chi connectivity index (χ4n) is 1.17. The summed E-state index contributed by atoms with van der Waals surface area (Å²) >= 11 is 4.96. The van der Waals surface area contributed by atoms with Crippen molar-refractivity contribution in [2.24, 2.45) is 14.1 Å². The lowest BCUT2D eigenvalue weighted by atomic mass is 10.5. The summed E-state index contributed by atoms with van der Waals surface area (Å²) in [4.78, 5) is 18.5. The second-order valence-corrected chi connectivity index (χ2v) is 3.23. The molecule has 2 aromatic rings. The molecule has 0 radical (unpaired) electrons. The van der Waals surface area contributed by atoms with Crippen LogP contribution in [0.25, 0.3) is 11.2 Å². The SMILES string of the molecule is Cn1c(=S)[nH]c2c(ncn2C)c1=O. The van der Waals surface area contributed by atoms with Gasteiger partial charge in [-0.2, -0.15) is 0 Å². The molecule has 2 heterocycles. The number of hydrogen-bond acceptors (Lipinski definition) is 3. The van der Waals surface area contributed by atoms with E-state index in [0.29, 0.717) is 15.9 Å². The van der Waals surface area contributed by atoms with Gasteiger partial charge in [0.2, 0.25) is 0 Å². The number of imidazole rings is 1. The maximum absolute atomic E-state index is 11.6. The Bertz CT molecular complexity index is 576. The molecule has 0 bridgehead atoms. The molecule has 1 N–H and O–H groups in total. The van der Waals surface area contributed by atoms with Gasteiger partial charge in [-0.05, 0) is 12.2 Å². The molecule has 0 fully saturated rings. The highest BCUT2D eigenvalue weighted by atomic mass is 32.1. The molecule has 0 saturated carbocycles. The van der Waals surface area contributed by atoms with E-state index in [2.05, 4.69) is 9.97 Å². The number of aromatic nitrogens is 4. The zero-order valence-electron chi connectivity index (χ0n) is 7.24. The number of rotatable bonds is 0. The van der Waals surface area contributed by atoms with Crippen LogP contribution in [0.4, 0.5) is 0 Å². The van der Waals surface area contributed by atoms with Gasteiger partial charge in [-0.15, -0.1) is 0 Å². The number of H-pyrrole nitrogens is 1. The van der Waals surface area contributed by atoms with Crippen LogP contribution >= 0.6 is 12.2 Å². The molecule has 0 amide bonds. The summed E-state index contributed by atoms with van der Waals surface area (Å²) in [5.74, 6) is 0. The van der Waals surface area contributed by atoms with Crippen LogP contribution in [0.15, 0.2) is 11.1 Å². The first-order valence-corrected chi connectivity index (χ1v) is 4.12. The Kier molecular flexibility index (Phi) is 1.59. The lowest BCUT2D eigenvalue weighted by Crippen LogP contribution is -2.19. The molecule has 0 spiro atoms. The van der Waals surface area contributed by atoms with Crippen molar-refractivity contribution in [3.63, 3.8) is 0 Å². The third kappa shape index (κ3) is 1.02. The highest BCUT2D eigenvalue weighted by molar-refractivity contribution is 7.71. The molecule has 0 aliphatic carbocycles. The maximum Gasteiger partial charge on any atom is 0.282 e. The predicted molar refractivity (Wildman–Crippen MR) is 51.1 cm³/mol. The molecule has 0 unspecified atom stereocenters. The molecule has 2 aromatic heterocycles. The fourth-order valence-corrected chi connectivity index (χ4v) is 1.35. The van der Waals surface area contributed by atoms with Crippen molar-refractivity contribution in [3.8, 4) is 0 Å². The Morgan fingerprint density at radius 1 is 1.54 bits per heavy atom. The minimum atomic E-state index is -0.167. The summed E-state index contributed by atoms with van der Waals surface area (Å²) in [7, 11) is 3.43. The van der Waals surface area contributed by atoms with Gasteiger partial charge < -0.3 is 9.55 Å². The van der Waals surface area contributed by atoms with Gasteiger partial charge in [0.15, 0.2) is 10.3 Å². The van der Waals surface area contributed by atoms with Crippen LogP contribution in [0.3, 0.4) is 0 Å². The second kappa shape index (κ2) is 2.53. The van der Waals surface area contributed by atoms with Crippen LogP contribution in [-0.2, 0) is 14.1 Å². The number of hydrogen-bond donors (Lipinski definition) is 1. The standard InChI is InChI=1S/C7H8N4OS/c1-10-3-8-4-5(10)9-7(13)11(2)6(4)12/h3H,1-2H3,(H,9,13). The summed E-state index contributed by atoms with van der Waals surface area (Å²) in [5.41, 5.74) is 0.908. The molecule has 0 atom stereocenters. The van der Waals surface area contributed by atoms with Crippen molar-refractivity contribution in [1.29, 1.82) is 0 Å². The predicted octanol–water partition coefficient (Wildman–Crippen LogP) is 0.330. The van der Waals surface area contributed by atoms with E-state index in [1.54, 1.807) is 25.0 Å². The molecule has 0 saturated heterocycles. The number of fused-ring (bicyclic) bond motifs is 1. The molecular weight excluding hydrogens is 188 g/mol. The second-order valence-electron chi connectivity index (χ2n) is 2.85. The van der Waals surface area contributed by atoms with Crippen LogP contribution in [0.5, 0.6) is 0 Å². The van der Waals surface area contributed by atoms with Crippen molar-refractivity contribution < 1.29 is 0 Å². The lowest BCUT2D eigenvalue weighted by Gasteiger charge is -1.98. The fraction of sp³-hybridized carbons (Fsp3) is 0.286. The van der Waals surface area contributed by atoms with Gasteiger partial charge in [-0.1, -0.05) is 0 Å². The minimum Gasteiger partial charge on any atom is -0.320 e. The zero-order chi connectivity index (χ0) is 9.59. The third-order valence-electron chi connectivity index (χ3n) is 1.97. The quantitative estimate of drug-likeness (QED) is 0.618. The van der Waals surface area contributed by atoms with Gasteiger partial charge in [0.25, 0.3) is 5.56 Å². The van der Waals surface area contributed by atoms with E-state index < -0.39 is 0 Å². The topological polar surface area (TPSA) is 55.6 Å². The van der Waals surface area contributed by atoms with Crippen LogP contribution in [0, 0.1) is 4.77 Å². The molecule has 0 aliphatic rings. The Hall–Kier alpha value is -1.43. The third-order valence-corrected chi connectivity index (χ3v) is 2.35. The van der Waals surface area contributed by atoms with E-state index in [0.717, 1.165) is 0 Å². The van der Waals surface area contributed by atoms with Gasteiger partial charge >= 0.3 is 0 Å². The van der Waals surface area contributed by atoms with Crippen LogP contribution in [0.2, 0.25) is 0 Å². The summed E-state index contributed by atoms with van der Waals surface area (Å²) in [6.45, 7) is 0. The molecule has 5 nitrogen and oxygen atoms in total. The Labute approximate surface area is 78.7 Å². The maximum atomic E-state index is 11.6. The van der Waals surface area contributed by atoms with Crippen LogP contribution in [0.1, 0.15) is 0 Å². The number of aromatic amines is 1. The number of nitrogens with zero attached hydrogens (tertiary/aromatic N) is 3. The lowest BCUT2D eigenvalue weighted by molar-refractivity contribution is 0.814. The van der Waals surface area contributed by atoms with E-state index in [1.807, 2.05) is 0 Å². The molecule has 2 rings (SSSR count). The van der Waals surface area contributed by atoms with E-state index in [-0.39, 0.29) is 5.56 Å². The highest BCUT2D eigenvalue weighted by Crippen LogP contribution is 2.01. The first kappa shape index (κ1) is 8.18. The summed E-state index contributed by atoms with van der Waals surface area (Å²) < 4.78 is 3.50. The van der Waals surface area contributed by atoms with Crippen LogP contribution < -0.4 is 5.56 Å². The van der Waals surface area contributed by atoms with Crippen LogP contribution in [-0.4, -0.2) is 19.1 Å². The van der Waals surface area contributed by atoms with Crippen molar-refractivity contribution in [1.82, 2.24) is 19.1 Å². The first-order valence-electron chi connectivity index (χ1n) is 3.71. The van der Waals surface area contributed by atoms with Gasteiger partial charge in [-0.3, -0.25) is 9.36 Å².